The summed E-state index contributed by atoms with van der Waals surface area (Å²) in [4.78, 5) is 14.9. The number of hydrogen-bond donors (Lipinski definition) is 1. The molecule has 132 valence electrons. The van der Waals surface area contributed by atoms with Gasteiger partial charge in [-0.05, 0) is 36.2 Å². The number of anilines is 1. The van der Waals surface area contributed by atoms with E-state index in [0.29, 0.717) is 13.0 Å². The van der Waals surface area contributed by atoms with Gasteiger partial charge in [0.05, 0.1) is 12.2 Å². The summed E-state index contributed by atoms with van der Waals surface area (Å²) in [5, 5.41) is 0. The second-order valence-corrected chi connectivity index (χ2v) is 7.44. The number of carbonyl (C=O) groups excluding carboxylic acids is 1. The molecule has 1 aliphatic rings. The van der Waals surface area contributed by atoms with Gasteiger partial charge in [0, 0.05) is 23.1 Å². The first-order valence-corrected chi connectivity index (χ1v) is 9.60. The fourth-order valence-electron chi connectivity index (χ4n) is 2.91. The van der Waals surface area contributed by atoms with E-state index in [4.69, 9.17) is 10.5 Å². The van der Waals surface area contributed by atoms with Gasteiger partial charge in [-0.3, -0.25) is 4.79 Å². The lowest BCUT2D eigenvalue weighted by Gasteiger charge is -2.30. The molecule has 1 unspecified atom stereocenters. The van der Waals surface area contributed by atoms with Crippen molar-refractivity contribution in [1.29, 1.82) is 0 Å². The fraction of sp³-hybridized carbons (Fsp3) is 0.350. The number of nitrogens with zero attached hydrogens (tertiary/aromatic N) is 1. The van der Waals surface area contributed by atoms with Crippen LogP contribution in [-0.4, -0.2) is 31.4 Å². The largest absolute Gasteiger partial charge is 0.492 e. The zero-order valence-corrected chi connectivity index (χ0v) is 15.3. The summed E-state index contributed by atoms with van der Waals surface area (Å²) >= 11 is 1.92. The number of carbonyl (C=O) groups is 1. The highest BCUT2D eigenvalue weighted by Crippen LogP contribution is 2.33. The van der Waals surface area contributed by atoms with E-state index in [9.17, 15) is 4.79 Å². The van der Waals surface area contributed by atoms with Gasteiger partial charge in [-0.2, -0.15) is 0 Å². The molecule has 0 saturated heterocycles. The van der Waals surface area contributed by atoms with E-state index in [2.05, 4.69) is 29.2 Å². The van der Waals surface area contributed by atoms with Crippen molar-refractivity contribution in [3.8, 4) is 5.75 Å². The number of nitrogens with two attached hydrogens (primary N) is 1. The number of primary amides is 1. The number of thioether (sulfide) groups is 1. The van der Waals surface area contributed by atoms with Crippen LogP contribution in [0, 0.1) is 5.92 Å². The number of fused-ring (bicyclic) bond motifs is 1. The van der Waals surface area contributed by atoms with Crippen molar-refractivity contribution in [2.75, 3.05) is 30.3 Å². The molecule has 0 radical (unpaired) electrons. The SMILES string of the molecule is CC(Cc1ccc(OCCN2CCSc3ccccc32)cc1)C(N)=O. The van der Waals surface area contributed by atoms with Gasteiger partial charge in [-0.15, -0.1) is 11.8 Å². The molecule has 0 spiro atoms. The molecular weight excluding hydrogens is 332 g/mol. The first kappa shape index (κ1) is 17.7. The lowest BCUT2D eigenvalue weighted by Crippen LogP contribution is -2.33. The molecule has 0 aliphatic carbocycles. The zero-order valence-electron chi connectivity index (χ0n) is 14.5. The van der Waals surface area contributed by atoms with Crippen molar-refractivity contribution in [3.05, 3.63) is 54.1 Å². The van der Waals surface area contributed by atoms with E-state index in [1.807, 2.05) is 43.0 Å². The maximum Gasteiger partial charge on any atom is 0.220 e. The van der Waals surface area contributed by atoms with Crippen LogP contribution in [0.25, 0.3) is 0 Å². The van der Waals surface area contributed by atoms with Crippen LogP contribution >= 0.6 is 11.8 Å². The van der Waals surface area contributed by atoms with Gasteiger partial charge in [0.15, 0.2) is 0 Å². The number of benzene rings is 2. The van der Waals surface area contributed by atoms with Crippen LogP contribution in [-0.2, 0) is 11.2 Å². The van der Waals surface area contributed by atoms with Crippen LogP contribution in [0.15, 0.2) is 53.4 Å². The van der Waals surface area contributed by atoms with E-state index in [1.54, 1.807) is 0 Å². The monoisotopic (exact) mass is 356 g/mol. The van der Waals surface area contributed by atoms with Crippen LogP contribution in [0.3, 0.4) is 0 Å². The molecule has 0 aromatic heterocycles. The third-order valence-electron chi connectivity index (χ3n) is 4.41. The molecule has 5 heteroatoms. The Morgan fingerprint density at radius 1 is 1.24 bits per heavy atom. The Hall–Kier alpha value is -2.14. The van der Waals surface area contributed by atoms with Crippen molar-refractivity contribution >= 4 is 23.4 Å². The minimum atomic E-state index is -0.264. The molecule has 2 aromatic carbocycles. The molecule has 0 bridgehead atoms. The molecule has 3 rings (SSSR count). The molecule has 1 heterocycles. The van der Waals surface area contributed by atoms with Crippen molar-refractivity contribution in [3.63, 3.8) is 0 Å². The summed E-state index contributed by atoms with van der Waals surface area (Å²) in [6, 6.07) is 16.5. The number of rotatable bonds is 7. The van der Waals surface area contributed by atoms with Gasteiger partial charge in [0.2, 0.25) is 5.91 Å². The third-order valence-corrected chi connectivity index (χ3v) is 5.45. The van der Waals surface area contributed by atoms with Crippen LogP contribution in [0.2, 0.25) is 0 Å². The second-order valence-electron chi connectivity index (χ2n) is 6.30. The van der Waals surface area contributed by atoms with Crippen LogP contribution < -0.4 is 15.4 Å². The van der Waals surface area contributed by atoms with Gasteiger partial charge in [0.25, 0.3) is 0 Å². The first-order valence-electron chi connectivity index (χ1n) is 8.61. The Morgan fingerprint density at radius 2 is 2.00 bits per heavy atom. The topological polar surface area (TPSA) is 55.6 Å². The number of para-hydroxylation sites is 1. The summed E-state index contributed by atoms with van der Waals surface area (Å²) in [5.41, 5.74) is 7.72. The predicted molar refractivity (Wildman–Crippen MR) is 103 cm³/mol. The van der Waals surface area contributed by atoms with E-state index >= 15 is 0 Å². The Balaban J connectivity index is 1.50. The molecule has 2 aromatic rings. The second kappa shape index (κ2) is 8.30. The van der Waals surface area contributed by atoms with Crippen molar-refractivity contribution in [1.82, 2.24) is 0 Å². The van der Waals surface area contributed by atoms with Gasteiger partial charge >= 0.3 is 0 Å². The highest BCUT2D eigenvalue weighted by Gasteiger charge is 2.16. The maximum atomic E-state index is 11.1. The minimum absolute atomic E-state index is 0.149. The van der Waals surface area contributed by atoms with Gasteiger partial charge in [-0.1, -0.05) is 31.2 Å². The molecule has 1 aliphatic heterocycles. The highest BCUT2D eigenvalue weighted by atomic mass is 32.2. The molecular formula is C20H24N2O2S. The standard InChI is InChI=1S/C20H24N2O2S/c1-15(20(21)23)14-16-6-8-17(9-7-16)24-12-10-22-11-13-25-19-5-3-2-4-18(19)22/h2-9,15H,10-14H2,1H3,(H2,21,23). The van der Waals surface area contributed by atoms with Crippen molar-refractivity contribution in [2.24, 2.45) is 11.7 Å². The Morgan fingerprint density at radius 3 is 2.76 bits per heavy atom. The normalized spacial score (nSPS) is 14.7. The minimum Gasteiger partial charge on any atom is -0.492 e. The van der Waals surface area contributed by atoms with Crippen LogP contribution in [0.5, 0.6) is 5.75 Å². The average Bonchev–Trinajstić information content (AvgIpc) is 2.63. The lowest BCUT2D eigenvalue weighted by molar-refractivity contribution is -0.121. The summed E-state index contributed by atoms with van der Waals surface area (Å²) in [6.07, 6.45) is 0.665. The molecule has 2 N–H and O–H groups in total. The lowest BCUT2D eigenvalue weighted by atomic mass is 10.0. The van der Waals surface area contributed by atoms with Gasteiger partial charge in [-0.25, -0.2) is 0 Å². The molecule has 1 amide bonds. The first-order chi connectivity index (χ1) is 12.1. The van der Waals surface area contributed by atoms with Gasteiger partial charge < -0.3 is 15.4 Å². The maximum absolute atomic E-state index is 11.1. The molecule has 1 atom stereocenters. The smallest absolute Gasteiger partial charge is 0.220 e. The van der Waals surface area contributed by atoms with E-state index in [-0.39, 0.29) is 11.8 Å². The quantitative estimate of drug-likeness (QED) is 0.827. The number of ether oxygens (including phenoxy) is 1. The summed E-state index contributed by atoms with van der Waals surface area (Å²) in [5.74, 6) is 1.56. The molecule has 0 fully saturated rings. The van der Waals surface area contributed by atoms with E-state index < -0.39 is 0 Å². The van der Waals surface area contributed by atoms with Crippen LogP contribution in [0.1, 0.15) is 12.5 Å². The fourth-order valence-corrected chi connectivity index (χ4v) is 3.96. The summed E-state index contributed by atoms with van der Waals surface area (Å²) in [6.45, 7) is 4.42. The average molecular weight is 356 g/mol. The summed E-state index contributed by atoms with van der Waals surface area (Å²) in [7, 11) is 0. The molecule has 0 saturated carbocycles. The van der Waals surface area contributed by atoms with Crippen LogP contribution in [0.4, 0.5) is 5.69 Å². The number of hydrogen-bond acceptors (Lipinski definition) is 4. The van der Waals surface area contributed by atoms with Gasteiger partial charge in [0.1, 0.15) is 12.4 Å². The predicted octanol–water partition coefficient (Wildman–Crippen LogP) is 3.34. The summed E-state index contributed by atoms with van der Waals surface area (Å²) < 4.78 is 5.89. The third kappa shape index (κ3) is 4.69. The Kier molecular flexibility index (Phi) is 5.87. The highest BCUT2D eigenvalue weighted by molar-refractivity contribution is 7.99. The Labute approximate surface area is 153 Å². The Bertz CT molecular complexity index is 718. The van der Waals surface area contributed by atoms with Crippen molar-refractivity contribution in [2.45, 2.75) is 18.2 Å². The number of amides is 1. The zero-order chi connectivity index (χ0) is 17.6. The van der Waals surface area contributed by atoms with E-state index in [1.165, 1.54) is 10.6 Å². The molecule has 25 heavy (non-hydrogen) atoms. The molecule has 4 nitrogen and oxygen atoms in total. The van der Waals surface area contributed by atoms with E-state index in [0.717, 1.165) is 30.2 Å². The van der Waals surface area contributed by atoms with Crippen molar-refractivity contribution < 1.29 is 9.53 Å².